The zero-order valence-electron chi connectivity index (χ0n) is 9.78. The first-order valence-corrected chi connectivity index (χ1v) is 6.03. The van der Waals surface area contributed by atoms with Crippen molar-refractivity contribution < 1.29 is 4.79 Å². The molecule has 0 bridgehead atoms. The van der Waals surface area contributed by atoms with E-state index in [1.807, 2.05) is 6.08 Å². The van der Waals surface area contributed by atoms with Crippen LogP contribution in [0.25, 0.3) is 6.08 Å². The van der Waals surface area contributed by atoms with Crippen molar-refractivity contribution in [2.75, 3.05) is 0 Å². The Bertz CT molecular complexity index is 420. The fraction of sp³-hybridized carbons (Fsp3) is 0.462. The molecule has 1 aromatic heterocycles. The van der Waals surface area contributed by atoms with Gasteiger partial charge in [0.2, 0.25) is 0 Å². The van der Waals surface area contributed by atoms with Crippen molar-refractivity contribution in [3.63, 3.8) is 0 Å². The van der Waals surface area contributed by atoms with E-state index in [1.165, 1.54) is 6.21 Å². The Morgan fingerprint density at radius 3 is 3.18 bits per heavy atom. The maximum absolute atomic E-state index is 12.1. The van der Waals surface area contributed by atoms with E-state index in [0.29, 0.717) is 0 Å². The highest BCUT2D eigenvalue weighted by Crippen LogP contribution is 2.31. The molecule has 1 heterocycles. The molecule has 1 atom stereocenters. The van der Waals surface area contributed by atoms with Gasteiger partial charge in [-0.3, -0.25) is 4.79 Å². The van der Waals surface area contributed by atoms with Gasteiger partial charge in [-0.15, -0.1) is 0 Å². The summed E-state index contributed by atoms with van der Waals surface area (Å²) in [6.45, 7) is 0. The molecule has 4 heteroatoms. The molecule has 2 rings (SSSR count). The van der Waals surface area contributed by atoms with E-state index >= 15 is 0 Å². The standard InChI is InChI=1S/C13H17N3O/c14-6-2-1-3-10-4-5-11(13(10)17)7-12-8-15-9-16-12/h6-10,14H,1-5H2,(H,15,16)/b11-7-,14-6?. The van der Waals surface area contributed by atoms with Gasteiger partial charge >= 0.3 is 0 Å². The Morgan fingerprint density at radius 2 is 2.47 bits per heavy atom. The number of unbranched alkanes of at least 4 members (excludes halogenated alkanes) is 1. The average molecular weight is 231 g/mol. The first kappa shape index (κ1) is 11.8. The van der Waals surface area contributed by atoms with Crippen LogP contribution in [0.4, 0.5) is 0 Å². The average Bonchev–Trinajstić information content (AvgIpc) is 2.94. The lowest BCUT2D eigenvalue weighted by Crippen LogP contribution is -2.07. The summed E-state index contributed by atoms with van der Waals surface area (Å²) in [5.74, 6) is 0.453. The van der Waals surface area contributed by atoms with Crippen LogP contribution in [0, 0.1) is 11.3 Å². The number of aromatic amines is 1. The van der Waals surface area contributed by atoms with Gasteiger partial charge in [0.15, 0.2) is 5.78 Å². The summed E-state index contributed by atoms with van der Waals surface area (Å²) in [6.07, 6.45) is 11.1. The van der Waals surface area contributed by atoms with Crippen molar-refractivity contribution in [2.24, 2.45) is 5.92 Å². The molecule has 1 aromatic rings. The van der Waals surface area contributed by atoms with Gasteiger partial charge in [-0.05, 0) is 50.0 Å². The zero-order chi connectivity index (χ0) is 12.1. The number of ketones is 1. The molecule has 1 saturated carbocycles. The summed E-state index contributed by atoms with van der Waals surface area (Å²) >= 11 is 0. The normalized spacial score (nSPS) is 22.2. The molecule has 2 N–H and O–H groups in total. The Kier molecular flexibility index (Phi) is 3.85. The predicted molar refractivity (Wildman–Crippen MR) is 66.9 cm³/mol. The van der Waals surface area contributed by atoms with E-state index in [0.717, 1.165) is 43.4 Å². The number of Topliss-reactive ketones (excluding diaryl/α,β-unsaturated/α-hetero) is 1. The van der Waals surface area contributed by atoms with Gasteiger partial charge in [0.05, 0.1) is 18.2 Å². The lowest BCUT2D eigenvalue weighted by Gasteiger charge is -2.04. The number of aromatic nitrogens is 2. The van der Waals surface area contributed by atoms with Gasteiger partial charge in [0.1, 0.15) is 0 Å². The fourth-order valence-electron chi connectivity index (χ4n) is 2.26. The molecule has 0 spiro atoms. The molecule has 1 aliphatic carbocycles. The van der Waals surface area contributed by atoms with E-state index in [2.05, 4.69) is 9.97 Å². The molecule has 4 nitrogen and oxygen atoms in total. The van der Waals surface area contributed by atoms with Crippen LogP contribution in [0.1, 0.15) is 37.8 Å². The third-order valence-electron chi connectivity index (χ3n) is 3.20. The van der Waals surface area contributed by atoms with E-state index < -0.39 is 0 Å². The molecule has 0 aliphatic heterocycles. The molecule has 0 amide bonds. The lowest BCUT2D eigenvalue weighted by atomic mass is 9.99. The van der Waals surface area contributed by atoms with Crippen LogP contribution in [0.3, 0.4) is 0 Å². The molecule has 17 heavy (non-hydrogen) atoms. The van der Waals surface area contributed by atoms with Crippen molar-refractivity contribution in [3.05, 3.63) is 23.8 Å². The number of allylic oxidation sites excluding steroid dienone is 1. The van der Waals surface area contributed by atoms with Crippen molar-refractivity contribution in [1.29, 1.82) is 5.41 Å². The number of imidazole rings is 1. The van der Waals surface area contributed by atoms with E-state index in [9.17, 15) is 4.79 Å². The minimum atomic E-state index is 0.170. The quantitative estimate of drug-likeness (QED) is 0.464. The highest BCUT2D eigenvalue weighted by atomic mass is 16.1. The summed E-state index contributed by atoms with van der Waals surface area (Å²) < 4.78 is 0. The number of hydrogen-bond donors (Lipinski definition) is 2. The van der Waals surface area contributed by atoms with Crippen LogP contribution >= 0.6 is 0 Å². The Hall–Kier alpha value is -1.71. The van der Waals surface area contributed by atoms with E-state index in [-0.39, 0.29) is 11.7 Å². The van der Waals surface area contributed by atoms with Gasteiger partial charge in [0.25, 0.3) is 0 Å². The molecule has 90 valence electrons. The number of rotatable bonds is 5. The third kappa shape index (κ3) is 2.90. The highest BCUT2D eigenvalue weighted by Gasteiger charge is 2.28. The maximum Gasteiger partial charge on any atom is 0.162 e. The van der Waals surface area contributed by atoms with Crippen LogP contribution in [0.2, 0.25) is 0 Å². The van der Waals surface area contributed by atoms with Gasteiger partial charge in [-0.25, -0.2) is 4.98 Å². The van der Waals surface area contributed by atoms with Gasteiger partial charge < -0.3 is 10.4 Å². The third-order valence-corrected chi connectivity index (χ3v) is 3.20. The second-order valence-electron chi connectivity index (χ2n) is 4.41. The van der Waals surface area contributed by atoms with Crippen LogP contribution < -0.4 is 0 Å². The second-order valence-corrected chi connectivity index (χ2v) is 4.41. The van der Waals surface area contributed by atoms with Crippen molar-refractivity contribution >= 4 is 18.1 Å². The van der Waals surface area contributed by atoms with Crippen molar-refractivity contribution in [1.82, 2.24) is 9.97 Å². The van der Waals surface area contributed by atoms with Crippen LogP contribution in [0.5, 0.6) is 0 Å². The number of nitrogens with zero attached hydrogens (tertiary/aromatic N) is 1. The lowest BCUT2D eigenvalue weighted by molar-refractivity contribution is -0.117. The smallest absolute Gasteiger partial charge is 0.162 e. The van der Waals surface area contributed by atoms with Crippen molar-refractivity contribution in [2.45, 2.75) is 32.1 Å². The van der Waals surface area contributed by atoms with E-state index in [1.54, 1.807) is 12.5 Å². The molecule has 0 saturated heterocycles. The first-order valence-electron chi connectivity index (χ1n) is 6.03. The Balaban J connectivity index is 1.95. The number of carbonyl (C=O) groups is 1. The summed E-state index contributed by atoms with van der Waals surface area (Å²) in [4.78, 5) is 19.0. The van der Waals surface area contributed by atoms with Crippen LogP contribution in [-0.2, 0) is 4.79 Å². The molecule has 0 aromatic carbocycles. The number of H-pyrrole nitrogens is 1. The fourth-order valence-corrected chi connectivity index (χ4v) is 2.26. The van der Waals surface area contributed by atoms with Gasteiger partial charge in [-0.1, -0.05) is 0 Å². The molecular weight excluding hydrogens is 214 g/mol. The number of hydrogen-bond acceptors (Lipinski definition) is 3. The zero-order valence-corrected chi connectivity index (χ0v) is 9.78. The number of carbonyl (C=O) groups excluding carboxylic acids is 1. The van der Waals surface area contributed by atoms with Crippen LogP contribution in [-0.4, -0.2) is 22.0 Å². The van der Waals surface area contributed by atoms with Gasteiger partial charge in [0, 0.05) is 5.92 Å². The van der Waals surface area contributed by atoms with Crippen LogP contribution in [0.15, 0.2) is 18.1 Å². The molecular formula is C13H17N3O. The topological polar surface area (TPSA) is 69.6 Å². The molecule has 1 aliphatic rings. The summed E-state index contributed by atoms with van der Waals surface area (Å²) in [6, 6.07) is 0. The minimum Gasteiger partial charge on any atom is -0.345 e. The van der Waals surface area contributed by atoms with Gasteiger partial charge in [-0.2, -0.15) is 0 Å². The summed E-state index contributed by atoms with van der Waals surface area (Å²) in [5.41, 5.74) is 1.81. The Morgan fingerprint density at radius 1 is 1.59 bits per heavy atom. The first-order chi connectivity index (χ1) is 8.31. The van der Waals surface area contributed by atoms with E-state index in [4.69, 9.17) is 5.41 Å². The largest absolute Gasteiger partial charge is 0.345 e. The second kappa shape index (κ2) is 5.57. The number of nitrogens with one attached hydrogen (secondary N) is 2. The van der Waals surface area contributed by atoms with Crippen molar-refractivity contribution in [3.8, 4) is 0 Å². The molecule has 1 fully saturated rings. The monoisotopic (exact) mass is 231 g/mol. The SMILES string of the molecule is N=CCCCC1CC/C(=C/c2cnc[nH]2)C1=O. The highest BCUT2D eigenvalue weighted by molar-refractivity contribution is 6.02. The summed E-state index contributed by atoms with van der Waals surface area (Å²) in [5, 5.41) is 6.97. The summed E-state index contributed by atoms with van der Waals surface area (Å²) in [7, 11) is 0. The molecule has 0 radical (unpaired) electrons. The predicted octanol–water partition coefficient (Wildman–Crippen LogP) is 2.59. The maximum atomic E-state index is 12.1. The minimum absolute atomic E-state index is 0.170. The molecule has 1 unspecified atom stereocenters. The Labute approximate surface area is 101 Å².